The number of methoxy groups -OCH3 is 1. The molecule has 6 nitrogen and oxygen atoms in total. The minimum absolute atomic E-state index is 0.0710. The van der Waals surface area contributed by atoms with E-state index in [0.29, 0.717) is 16.6 Å². The molecule has 3 aliphatic carbocycles. The van der Waals surface area contributed by atoms with E-state index in [1.165, 1.54) is 18.2 Å². The maximum absolute atomic E-state index is 12.5. The summed E-state index contributed by atoms with van der Waals surface area (Å²) in [6.45, 7) is 1.77. The van der Waals surface area contributed by atoms with Gasteiger partial charge in [-0.25, -0.2) is 9.97 Å². The van der Waals surface area contributed by atoms with E-state index in [4.69, 9.17) is 4.74 Å². The number of anilines is 2. The molecule has 0 radical (unpaired) electrons. The van der Waals surface area contributed by atoms with Gasteiger partial charge in [-0.15, -0.1) is 0 Å². The molecule has 2 heterocycles. The number of carbonyl (C=O) groups excluding carboxylic acids is 1. The summed E-state index contributed by atoms with van der Waals surface area (Å²) in [5.74, 6) is 2.38. The third-order valence-corrected chi connectivity index (χ3v) is 7.50. The Balaban J connectivity index is 1.39. The first-order valence-corrected chi connectivity index (χ1v) is 11.6. The fraction of sp³-hybridized carbons (Fsp3) is 0.522. The van der Waals surface area contributed by atoms with E-state index >= 15 is 0 Å². The Morgan fingerprint density at radius 3 is 2.63 bits per heavy atom. The second kappa shape index (κ2) is 8.17. The van der Waals surface area contributed by atoms with Crippen LogP contribution in [0.5, 0.6) is 0 Å². The third-order valence-electron chi connectivity index (χ3n) is 7.15. The summed E-state index contributed by atoms with van der Waals surface area (Å²) in [5, 5.41) is 3.61. The van der Waals surface area contributed by atoms with Gasteiger partial charge in [0.2, 0.25) is 0 Å². The van der Waals surface area contributed by atoms with Gasteiger partial charge in [-0.3, -0.25) is 4.79 Å². The molecule has 0 saturated heterocycles. The fourth-order valence-corrected chi connectivity index (χ4v) is 6.01. The topological polar surface area (TPSA) is 67.3 Å². The molecule has 3 saturated carbocycles. The van der Waals surface area contributed by atoms with E-state index in [0.717, 1.165) is 56.8 Å². The highest BCUT2D eigenvalue weighted by Crippen LogP contribution is 2.46. The van der Waals surface area contributed by atoms with Crippen molar-refractivity contribution in [2.24, 2.45) is 17.8 Å². The average molecular weight is 471 g/mol. The molecule has 0 spiro atoms. The summed E-state index contributed by atoms with van der Waals surface area (Å²) >= 11 is 3.49. The lowest BCUT2D eigenvalue weighted by Gasteiger charge is -2.47. The predicted molar refractivity (Wildman–Crippen MR) is 119 cm³/mol. The minimum Gasteiger partial charge on any atom is -0.469 e. The Labute approximate surface area is 185 Å². The molecule has 0 amide bonds. The van der Waals surface area contributed by atoms with E-state index in [-0.39, 0.29) is 17.9 Å². The van der Waals surface area contributed by atoms with Gasteiger partial charge in [0, 0.05) is 25.2 Å². The van der Waals surface area contributed by atoms with Crippen molar-refractivity contribution >= 4 is 33.5 Å². The number of halogens is 1. The molecule has 158 valence electrons. The number of nitrogens with one attached hydrogen (secondary N) is 1. The van der Waals surface area contributed by atoms with Crippen molar-refractivity contribution in [2.45, 2.75) is 44.7 Å². The highest BCUT2D eigenvalue weighted by atomic mass is 79.9. The number of hydrogen-bond acceptors (Lipinski definition) is 6. The van der Waals surface area contributed by atoms with Crippen molar-refractivity contribution < 1.29 is 9.53 Å². The molecule has 2 atom stereocenters. The fourth-order valence-electron chi connectivity index (χ4n) is 5.64. The first kappa shape index (κ1) is 19.8. The summed E-state index contributed by atoms with van der Waals surface area (Å²) in [5.41, 5.74) is 2.77. The quantitative estimate of drug-likeness (QED) is 0.533. The monoisotopic (exact) mass is 470 g/mol. The Hall–Kier alpha value is -2.15. The number of nitrogens with zero attached hydrogens (tertiary/aromatic N) is 3. The first-order valence-electron chi connectivity index (χ1n) is 10.8. The van der Waals surface area contributed by atoms with Crippen LogP contribution in [0.15, 0.2) is 35.1 Å². The van der Waals surface area contributed by atoms with Gasteiger partial charge in [0.05, 0.1) is 13.0 Å². The molecule has 2 aromatic rings. The van der Waals surface area contributed by atoms with Crippen LogP contribution in [-0.2, 0) is 22.5 Å². The molecular weight excluding hydrogens is 444 g/mol. The van der Waals surface area contributed by atoms with Crippen molar-refractivity contribution in [3.63, 3.8) is 0 Å². The molecule has 1 aromatic carbocycles. The number of benzene rings is 1. The molecule has 6 rings (SSSR count). The van der Waals surface area contributed by atoms with Crippen LogP contribution in [-0.4, -0.2) is 35.6 Å². The Bertz CT molecular complexity index is 945. The van der Waals surface area contributed by atoms with Gasteiger partial charge >= 0.3 is 5.97 Å². The van der Waals surface area contributed by atoms with Crippen molar-refractivity contribution in [3.05, 3.63) is 46.2 Å². The Morgan fingerprint density at radius 2 is 1.87 bits per heavy atom. The summed E-state index contributed by atoms with van der Waals surface area (Å²) in [4.78, 5) is 24.1. The molecule has 1 N–H and O–H groups in total. The van der Waals surface area contributed by atoms with E-state index in [9.17, 15) is 4.79 Å². The molecular formula is C23H27BrN4O2. The minimum atomic E-state index is -0.0958. The van der Waals surface area contributed by atoms with E-state index in [1.807, 2.05) is 6.07 Å². The lowest BCUT2D eigenvalue weighted by atomic mass is 9.61. The molecule has 7 heteroatoms. The molecule has 4 aliphatic rings. The number of rotatable bonds is 4. The van der Waals surface area contributed by atoms with Gasteiger partial charge in [0.1, 0.15) is 11.6 Å². The SMILES string of the molecule is COC(=O)[C@H]1C2CCC(CC2)[C@@H]1Nc1cc(N2CCc3ccccc3C2)nc(Br)n1. The third kappa shape index (κ3) is 3.68. The number of ether oxygens (including phenoxy) is 1. The lowest BCUT2D eigenvalue weighted by molar-refractivity contribution is -0.152. The van der Waals surface area contributed by atoms with Gasteiger partial charge < -0.3 is 15.0 Å². The molecule has 0 unspecified atom stereocenters. The standard InChI is InChI=1S/C23H27BrN4O2/c1-30-22(29)20-15-6-8-16(9-7-15)21(20)25-18-12-19(27-23(24)26-18)28-11-10-14-4-2-3-5-17(14)13-28/h2-5,12,15-16,20-21H,6-11,13H2,1H3,(H,25,26,27)/t15?,16?,20-,21-/m0/s1. The highest BCUT2D eigenvalue weighted by Gasteiger charge is 2.48. The van der Waals surface area contributed by atoms with Crippen LogP contribution in [0.2, 0.25) is 0 Å². The van der Waals surface area contributed by atoms with E-state index < -0.39 is 0 Å². The number of esters is 1. The van der Waals surface area contributed by atoms with Crippen LogP contribution < -0.4 is 10.2 Å². The number of fused-ring (bicyclic) bond motifs is 4. The number of hydrogen-bond donors (Lipinski definition) is 1. The second-order valence-corrected chi connectivity index (χ2v) is 9.42. The van der Waals surface area contributed by atoms with Gasteiger partial charge in [-0.1, -0.05) is 24.3 Å². The highest BCUT2D eigenvalue weighted by molar-refractivity contribution is 9.10. The molecule has 30 heavy (non-hydrogen) atoms. The Kier molecular flexibility index (Phi) is 5.39. The molecule has 3 fully saturated rings. The van der Waals surface area contributed by atoms with Crippen LogP contribution in [0.3, 0.4) is 0 Å². The normalized spacial score (nSPS) is 27.5. The number of aromatic nitrogens is 2. The van der Waals surface area contributed by atoms with Crippen LogP contribution in [0.25, 0.3) is 0 Å². The van der Waals surface area contributed by atoms with Crippen molar-refractivity contribution in [2.75, 3.05) is 23.9 Å². The number of carbonyl (C=O) groups is 1. The average Bonchev–Trinajstić information content (AvgIpc) is 2.78. The van der Waals surface area contributed by atoms with Crippen LogP contribution >= 0.6 is 15.9 Å². The molecule has 2 bridgehead atoms. The predicted octanol–water partition coefficient (Wildman–Crippen LogP) is 4.19. The zero-order valence-electron chi connectivity index (χ0n) is 17.2. The maximum atomic E-state index is 12.5. The maximum Gasteiger partial charge on any atom is 0.311 e. The van der Waals surface area contributed by atoms with Gasteiger partial charge in [0.15, 0.2) is 4.73 Å². The van der Waals surface area contributed by atoms with Gasteiger partial charge in [0.25, 0.3) is 0 Å². The summed E-state index contributed by atoms with van der Waals surface area (Å²) in [7, 11) is 1.50. The molecule has 1 aliphatic heterocycles. The Morgan fingerprint density at radius 1 is 1.13 bits per heavy atom. The lowest BCUT2D eigenvalue weighted by Crippen LogP contribution is -2.51. The van der Waals surface area contributed by atoms with E-state index in [1.54, 1.807) is 0 Å². The van der Waals surface area contributed by atoms with Crippen molar-refractivity contribution in [1.29, 1.82) is 0 Å². The van der Waals surface area contributed by atoms with Gasteiger partial charge in [-0.2, -0.15) is 0 Å². The largest absolute Gasteiger partial charge is 0.469 e. The van der Waals surface area contributed by atoms with Crippen LogP contribution in [0.1, 0.15) is 36.8 Å². The summed E-state index contributed by atoms with van der Waals surface area (Å²) in [6, 6.07) is 10.7. The zero-order valence-corrected chi connectivity index (χ0v) is 18.8. The van der Waals surface area contributed by atoms with Crippen molar-refractivity contribution in [1.82, 2.24) is 9.97 Å². The summed E-state index contributed by atoms with van der Waals surface area (Å²) < 4.78 is 5.72. The smallest absolute Gasteiger partial charge is 0.311 e. The van der Waals surface area contributed by atoms with Crippen LogP contribution in [0, 0.1) is 17.8 Å². The first-order chi connectivity index (χ1) is 14.6. The van der Waals surface area contributed by atoms with Crippen LogP contribution in [0.4, 0.5) is 11.6 Å². The molecule has 1 aromatic heterocycles. The van der Waals surface area contributed by atoms with Gasteiger partial charge in [-0.05, 0) is 71.0 Å². The van der Waals surface area contributed by atoms with Crippen molar-refractivity contribution in [3.8, 4) is 0 Å². The zero-order chi connectivity index (χ0) is 20.7. The van der Waals surface area contributed by atoms with E-state index in [2.05, 4.69) is 60.4 Å². The summed E-state index contributed by atoms with van der Waals surface area (Å²) in [6.07, 6.45) is 5.58. The second-order valence-electron chi connectivity index (χ2n) is 8.71.